The molecule has 0 N–H and O–H groups in total. The highest BCUT2D eigenvalue weighted by Crippen LogP contribution is 2.43. The van der Waals surface area contributed by atoms with E-state index in [1.807, 2.05) is 36.4 Å². The van der Waals surface area contributed by atoms with Crippen LogP contribution in [-0.4, -0.2) is 9.13 Å². The van der Waals surface area contributed by atoms with Crippen molar-refractivity contribution in [2.75, 3.05) is 0 Å². The molecule has 3 heterocycles. The fraction of sp³-hybridized carbons (Fsp3) is 0. The summed E-state index contributed by atoms with van der Waals surface area (Å²) in [5.74, 6) is 0. The average molecular weight is 749 g/mol. The molecule has 0 amide bonds. The summed E-state index contributed by atoms with van der Waals surface area (Å²) in [5.41, 5.74) is -1.38. The van der Waals surface area contributed by atoms with Gasteiger partial charge in [0.1, 0.15) is 5.58 Å². The third kappa shape index (κ3) is 4.86. The second-order valence-corrected chi connectivity index (χ2v) is 13.2. The Morgan fingerprint density at radius 2 is 1.18 bits per heavy atom. The highest BCUT2D eigenvalue weighted by atomic mass is 16.3. The lowest BCUT2D eigenvalue weighted by molar-refractivity contribution is 0.666. The highest BCUT2D eigenvalue weighted by molar-refractivity contribution is 6.16. The van der Waals surface area contributed by atoms with Gasteiger partial charge >= 0.3 is 0 Å². The van der Waals surface area contributed by atoms with Crippen LogP contribution in [0.3, 0.4) is 0 Å². The summed E-state index contributed by atoms with van der Waals surface area (Å²) in [6.07, 6.45) is 0. The number of hydrogen-bond acceptors (Lipinski definition) is 1. The first-order valence-electron chi connectivity index (χ1n) is 28.7. The molecule has 0 fully saturated rings. The molecule has 0 aliphatic rings. The second kappa shape index (κ2) is 12.5. The Kier molecular flexibility index (Phi) is 3.72. The maximum absolute atomic E-state index is 10.2. The lowest BCUT2D eigenvalue weighted by atomic mass is 9.99. The van der Waals surface area contributed by atoms with Crippen molar-refractivity contribution in [3.8, 4) is 44.8 Å². The monoisotopic (exact) mass is 748 g/mol. The standard InChI is InChI=1S/C54H34N2O/c1-3-14-35(15-4-1)37-18-11-19-40(32-37)55-48-25-9-7-20-42(48)45-23-12-22-41(53(45)55)39-29-31-50-47(33-39)43-21-8-10-26-49(43)56(50)51-27-13-24-46-44-30-28-38(34-52(44)57-54(46)51)36-16-5-2-6-17-36/h1-34H/i2D,5D,6D,7D,8D,9D,10D,12D,13D,16D,17D,20D,21D,22D,23D,24D,25D,28D,29D,30D,33D,34D. The highest BCUT2D eigenvalue weighted by Gasteiger charge is 2.21. The van der Waals surface area contributed by atoms with Crippen LogP contribution >= 0.6 is 0 Å². The molecule has 0 radical (unpaired) electrons. The summed E-state index contributed by atoms with van der Waals surface area (Å²) >= 11 is 0. The normalized spacial score (nSPS) is 17.3. The molecule has 266 valence electrons. The summed E-state index contributed by atoms with van der Waals surface area (Å²) in [5, 5.41) is -1.26. The van der Waals surface area contributed by atoms with Crippen LogP contribution in [0.1, 0.15) is 30.2 Å². The molecule has 3 aromatic heterocycles. The van der Waals surface area contributed by atoms with Gasteiger partial charge in [0.2, 0.25) is 0 Å². The van der Waals surface area contributed by atoms with E-state index in [9.17, 15) is 13.7 Å². The molecule has 9 aromatic carbocycles. The Bertz CT molecular complexity index is 4780. The molecule has 3 nitrogen and oxygen atoms in total. The molecular weight excluding hydrogens is 693 g/mol. The van der Waals surface area contributed by atoms with Crippen molar-refractivity contribution in [1.82, 2.24) is 9.13 Å². The smallest absolute Gasteiger partial charge is 0.159 e. The minimum absolute atomic E-state index is 0.0717. The molecule has 3 heteroatoms. The van der Waals surface area contributed by atoms with Gasteiger partial charge in [-0.05, 0) is 82.3 Å². The first kappa shape index (κ1) is 17.0. The Morgan fingerprint density at radius 1 is 0.404 bits per heavy atom. The molecule has 0 aliphatic carbocycles. The van der Waals surface area contributed by atoms with E-state index in [1.54, 1.807) is 18.2 Å². The quantitative estimate of drug-likeness (QED) is 0.172. The van der Waals surface area contributed by atoms with E-state index in [4.69, 9.17) is 20.9 Å². The van der Waals surface area contributed by atoms with Gasteiger partial charge in [0.15, 0.2) is 5.58 Å². The minimum Gasteiger partial charge on any atom is -0.454 e. The molecule has 12 rings (SSSR count). The van der Waals surface area contributed by atoms with Crippen molar-refractivity contribution in [1.29, 1.82) is 0 Å². The van der Waals surface area contributed by atoms with Crippen molar-refractivity contribution in [3.63, 3.8) is 0 Å². The zero-order chi connectivity index (χ0) is 56.6. The van der Waals surface area contributed by atoms with Crippen LogP contribution in [-0.2, 0) is 0 Å². The van der Waals surface area contributed by atoms with Crippen molar-refractivity contribution in [2.45, 2.75) is 0 Å². The van der Waals surface area contributed by atoms with Crippen LogP contribution in [0.15, 0.2) is 210 Å². The van der Waals surface area contributed by atoms with Gasteiger partial charge in [-0.2, -0.15) is 0 Å². The Morgan fingerprint density at radius 3 is 2.09 bits per heavy atom. The summed E-state index contributed by atoms with van der Waals surface area (Å²) in [7, 11) is 0. The van der Waals surface area contributed by atoms with E-state index < -0.39 is 150 Å². The summed E-state index contributed by atoms with van der Waals surface area (Å²) in [6.45, 7) is 0. The van der Waals surface area contributed by atoms with Crippen LogP contribution in [0.25, 0.3) is 110 Å². The third-order valence-corrected chi connectivity index (χ3v) is 10.1. The number of benzene rings is 9. The van der Waals surface area contributed by atoms with Crippen molar-refractivity contribution >= 4 is 65.6 Å². The van der Waals surface area contributed by atoms with Crippen LogP contribution in [0.4, 0.5) is 0 Å². The van der Waals surface area contributed by atoms with Crippen LogP contribution in [0.2, 0.25) is 0 Å². The molecule has 0 atom stereocenters. The topological polar surface area (TPSA) is 23.0 Å². The van der Waals surface area contributed by atoms with Gasteiger partial charge in [-0.15, -0.1) is 0 Å². The number of fused-ring (bicyclic) bond motifs is 9. The molecule has 57 heavy (non-hydrogen) atoms. The van der Waals surface area contributed by atoms with Crippen molar-refractivity contribution in [3.05, 3.63) is 206 Å². The summed E-state index contributed by atoms with van der Waals surface area (Å²) < 4.78 is 208. The van der Waals surface area contributed by atoms with Gasteiger partial charge < -0.3 is 13.6 Å². The summed E-state index contributed by atoms with van der Waals surface area (Å²) in [6, 6.07) is 5.72. The predicted octanol–water partition coefficient (Wildman–Crippen LogP) is 14.8. The fourth-order valence-corrected chi connectivity index (χ4v) is 7.62. The molecule has 0 unspecified atom stereocenters. The maximum Gasteiger partial charge on any atom is 0.159 e. The zero-order valence-corrected chi connectivity index (χ0v) is 29.2. The van der Waals surface area contributed by atoms with Gasteiger partial charge in [-0.3, -0.25) is 0 Å². The molecule has 0 saturated carbocycles. The van der Waals surface area contributed by atoms with Crippen LogP contribution < -0.4 is 0 Å². The van der Waals surface area contributed by atoms with Gasteiger partial charge in [-0.1, -0.05) is 151 Å². The van der Waals surface area contributed by atoms with Crippen LogP contribution in [0.5, 0.6) is 0 Å². The Labute approximate surface area is 359 Å². The van der Waals surface area contributed by atoms with Gasteiger partial charge in [0.25, 0.3) is 0 Å². The van der Waals surface area contributed by atoms with E-state index in [0.717, 1.165) is 11.6 Å². The molecular formula is C54H34N2O. The Hall–Kier alpha value is -7.62. The first-order valence-corrected chi connectivity index (χ1v) is 17.7. The van der Waals surface area contributed by atoms with Gasteiger partial charge in [0, 0.05) is 43.6 Å². The molecule has 0 bridgehead atoms. The number of hydrogen-bond donors (Lipinski definition) is 0. The number of furan rings is 1. The largest absolute Gasteiger partial charge is 0.454 e. The molecule has 0 saturated heterocycles. The molecule has 0 aliphatic heterocycles. The second-order valence-electron chi connectivity index (χ2n) is 13.2. The average Bonchev–Trinajstić information content (AvgIpc) is 3.77. The lowest BCUT2D eigenvalue weighted by Gasteiger charge is -2.14. The SMILES string of the molecule is [2H]c1cc2c(c([2H])c1[2H])c1c([2H])c(-c3c([2H])c([2H])c([2H])c4c5c([2H])c([2H])c([2H])c([2H])c5n(-c5cccc(-c6ccccc6)c5)c34)c([2H])cc1n2-c1cc([2H])c([2H])c2c1oc1c([2H])c(-c3c([2H])c([2H])c([2H])c([2H])c3[2H])c([2H])c([2H])c12. The molecule has 0 spiro atoms. The number of rotatable bonds is 5. The van der Waals surface area contributed by atoms with E-state index in [-0.39, 0.29) is 76.8 Å². The van der Waals surface area contributed by atoms with E-state index in [2.05, 4.69) is 0 Å². The van der Waals surface area contributed by atoms with E-state index >= 15 is 0 Å². The van der Waals surface area contributed by atoms with E-state index in [0.29, 0.717) is 11.3 Å². The fourth-order valence-electron chi connectivity index (χ4n) is 7.62. The molecule has 12 aromatic rings. The van der Waals surface area contributed by atoms with Crippen molar-refractivity contribution < 1.29 is 34.6 Å². The van der Waals surface area contributed by atoms with Crippen molar-refractivity contribution in [2.24, 2.45) is 0 Å². The minimum atomic E-state index is -0.765. The van der Waals surface area contributed by atoms with Crippen LogP contribution in [0, 0.1) is 0 Å². The van der Waals surface area contributed by atoms with Gasteiger partial charge in [0.05, 0.1) is 57.9 Å². The summed E-state index contributed by atoms with van der Waals surface area (Å²) in [4.78, 5) is 0. The zero-order valence-electron chi connectivity index (χ0n) is 51.2. The number of para-hydroxylation sites is 4. The first-order chi connectivity index (χ1) is 37.4. The lowest BCUT2D eigenvalue weighted by Crippen LogP contribution is -1.96. The maximum atomic E-state index is 10.2. The Balaban J connectivity index is 1.23. The predicted molar refractivity (Wildman–Crippen MR) is 239 cm³/mol. The van der Waals surface area contributed by atoms with E-state index in [1.165, 1.54) is 21.3 Å². The number of nitrogens with zero attached hydrogens (tertiary/aromatic N) is 2. The number of aromatic nitrogens is 2. The third-order valence-electron chi connectivity index (χ3n) is 10.1. The van der Waals surface area contributed by atoms with Gasteiger partial charge in [-0.25, -0.2) is 0 Å².